The molecule has 0 aromatic heterocycles. The van der Waals surface area contributed by atoms with Gasteiger partial charge in [-0.25, -0.2) is 0 Å². The number of nitrogens with two attached hydrogens (primary N) is 1. The maximum atomic E-state index is 5.94. The summed E-state index contributed by atoms with van der Waals surface area (Å²) >= 11 is 0. The first-order chi connectivity index (χ1) is 8.13. The molecule has 17 heavy (non-hydrogen) atoms. The first-order valence-electron chi connectivity index (χ1n) is 6.28. The fraction of sp³-hybridized carbons (Fsp3) is 0.571. The van der Waals surface area contributed by atoms with Gasteiger partial charge in [-0.05, 0) is 43.9 Å². The van der Waals surface area contributed by atoms with Crippen molar-refractivity contribution >= 4 is 5.69 Å². The van der Waals surface area contributed by atoms with Gasteiger partial charge in [-0.3, -0.25) is 0 Å². The van der Waals surface area contributed by atoms with Crippen molar-refractivity contribution in [3.8, 4) is 5.75 Å². The van der Waals surface area contributed by atoms with Crippen molar-refractivity contribution in [3.63, 3.8) is 0 Å². The molecule has 1 aromatic rings. The molecule has 1 heterocycles. The van der Waals surface area contributed by atoms with Crippen LogP contribution in [-0.4, -0.2) is 26.2 Å². The van der Waals surface area contributed by atoms with Crippen LogP contribution in [-0.2, 0) is 0 Å². The number of nitrogens with zero attached hydrogens (tertiary/aromatic N) is 1. The highest BCUT2D eigenvalue weighted by atomic mass is 16.5. The quantitative estimate of drug-likeness (QED) is 0.853. The number of benzene rings is 1. The van der Waals surface area contributed by atoms with Gasteiger partial charge in [-0.2, -0.15) is 0 Å². The van der Waals surface area contributed by atoms with Gasteiger partial charge >= 0.3 is 0 Å². The molecule has 0 radical (unpaired) electrons. The average Bonchev–Trinajstić information content (AvgIpc) is 2.34. The van der Waals surface area contributed by atoms with Crippen LogP contribution in [0.25, 0.3) is 0 Å². The summed E-state index contributed by atoms with van der Waals surface area (Å²) in [6.45, 7) is 6.29. The molecule has 0 aliphatic carbocycles. The Labute approximate surface area is 104 Å². The van der Waals surface area contributed by atoms with Gasteiger partial charge in [0.05, 0.1) is 12.8 Å². The molecule has 2 rings (SSSR count). The number of rotatable bonds is 2. The molecule has 1 aliphatic rings. The fourth-order valence-corrected chi connectivity index (χ4v) is 2.42. The summed E-state index contributed by atoms with van der Waals surface area (Å²) in [5, 5.41) is 0. The largest absolute Gasteiger partial charge is 0.494 e. The second-order valence-corrected chi connectivity index (χ2v) is 4.88. The van der Waals surface area contributed by atoms with Gasteiger partial charge in [0, 0.05) is 19.1 Å². The van der Waals surface area contributed by atoms with Crippen LogP contribution in [0.3, 0.4) is 0 Å². The maximum Gasteiger partial charge on any atom is 0.145 e. The first-order valence-corrected chi connectivity index (χ1v) is 6.28. The van der Waals surface area contributed by atoms with Crippen LogP contribution in [0.5, 0.6) is 5.75 Å². The van der Waals surface area contributed by atoms with Crippen molar-refractivity contribution < 1.29 is 4.74 Å². The van der Waals surface area contributed by atoms with E-state index in [2.05, 4.69) is 30.9 Å². The minimum absolute atomic E-state index is 0.365. The van der Waals surface area contributed by atoms with Crippen molar-refractivity contribution in [2.24, 2.45) is 5.73 Å². The van der Waals surface area contributed by atoms with Crippen molar-refractivity contribution in [2.75, 3.05) is 25.1 Å². The van der Waals surface area contributed by atoms with Crippen LogP contribution in [0.1, 0.15) is 24.0 Å². The second kappa shape index (κ2) is 4.96. The van der Waals surface area contributed by atoms with Crippen molar-refractivity contribution in [1.29, 1.82) is 0 Å². The summed E-state index contributed by atoms with van der Waals surface area (Å²) in [6.07, 6.45) is 2.13. The maximum absolute atomic E-state index is 5.94. The van der Waals surface area contributed by atoms with Crippen LogP contribution < -0.4 is 15.4 Å². The Bertz CT molecular complexity index is 395. The molecule has 3 heteroatoms. The van der Waals surface area contributed by atoms with Gasteiger partial charge in [-0.1, -0.05) is 6.07 Å². The van der Waals surface area contributed by atoms with E-state index in [1.54, 1.807) is 7.11 Å². The predicted octanol–water partition coefficient (Wildman–Crippen LogP) is 2.24. The molecule has 2 N–H and O–H groups in total. The summed E-state index contributed by atoms with van der Waals surface area (Å²) in [7, 11) is 1.75. The van der Waals surface area contributed by atoms with E-state index in [4.69, 9.17) is 10.5 Å². The molecule has 0 unspecified atom stereocenters. The lowest BCUT2D eigenvalue weighted by Gasteiger charge is -2.33. The monoisotopic (exact) mass is 234 g/mol. The van der Waals surface area contributed by atoms with E-state index in [1.807, 2.05) is 0 Å². The molecule has 3 nitrogen and oxygen atoms in total. The van der Waals surface area contributed by atoms with Crippen molar-refractivity contribution in [1.82, 2.24) is 0 Å². The normalized spacial score (nSPS) is 17.3. The van der Waals surface area contributed by atoms with E-state index in [9.17, 15) is 0 Å². The number of aryl methyl sites for hydroxylation is 1. The topological polar surface area (TPSA) is 38.5 Å². The number of hydrogen-bond donors (Lipinski definition) is 1. The highest BCUT2D eigenvalue weighted by Gasteiger charge is 2.20. The second-order valence-electron chi connectivity index (χ2n) is 4.88. The Kier molecular flexibility index (Phi) is 3.57. The molecule has 0 amide bonds. The van der Waals surface area contributed by atoms with Crippen LogP contribution in [0, 0.1) is 13.8 Å². The molecule has 1 aromatic carbocycles. The van der Waals surface area contributed by atoms with Gasteiger partial charge in [0.25, 0.3) is 0 Å². The molecule has 0 bridgehead atoms. The third-order valence-electron chi connectivity index (χ3n) is 3.74. The van der Waals surface area contributed by atoms with Crippen LogP contribution >= 0.6 is 0 Å². The predicted molar refractivity (Wildman–Crippen MR) is 71.9 cm³/mol. The summed E-state index contributed by atoms with van der Waals surface area (Å²) in [6, 6.07) is 4.70. The van der Waals surface area contributed by atoms with Gasteiger partial charge in [0.2, 0.25) is 0 Å². The van der Waals surface area contributed by atoms with E-state index in [1.165, 1.54) is 16.8 Å². The van der Waals surface area contributed by atoms with E-state index in [0.29, 0.717) is 6.04 Å². The minimum atomic E-state index is 0.365. The molecule has 1 saturated heterocycles. The lowest BCUT2D eigenvalue weighted by molar-refractivity contribution is 0.407. The van der Waals surface area contributed by atoms with E-state index < -0.39 is 0 Å². The smallest absolute Gasteiger partial charge is 0.145 e. The Morgan fingerprint density at radius 3 is 2.47 bits per heavy atom. The van der Waals surface area contributed by atoms with Crippen molar-refractivity contribution in [3.05, 3.63) is 23.3 Å². The standard InChI is InChI=1S/C14H22N2O/c1-10-4-5-13(14(17-3)11(10)2)16-8-6-12(15)7-9-16/h4-5,12H,6-9,15H2,1-3H3. The van der Waals surface area contributed by atoms with E-state index in [-0.39, 0.29) is 0 Å². The number of anilines is 1. The minimum Gasteiger partial charge on any atom is -0.494 e. The van der Waals surface area contributed by atoms with Gasteiger partial charge in [0.15, 0.2) is 0 Å². The average molecular weight is 234 g/mol. The molecular formula is C14H22N2O. The number of methoxy groups -OCH3 is 1. The van der Waals surface area contributed by atoms with E-state index >= 15 is 0 Å². The molecule has 0 atom stereocenters. The summed E-state index contributed by atoms with van der Waals surface area (Å²) in [5.41, 5.74) is 9.67. The Hall–Kier alpha value is -1.22. The summed E-state index contributed by atoms with van der Waals surface area (Å²) in [4.78, 5) is 2.38. The number of piperidine rings is 1. The third-order valence-corrected chi connectivity index (χ3v) is 3.74. The Balaban J connectivity index is 2.29. The van der Waals surface area contributed by atoms with Crippen LogP contribution in [0.2, 0.25) is 0 Å². The molecule has 1 fully saturated rings. The van der Waals surface area contributed by atoms with Crippen molar-refractivity contribution in [2.45, 2.75) is 32.7 Å². The van der Waals surface area contributed by atoms with Crippen LogP contribution in [0.15, 0.2) is 12.1 Å². The molecule has 1 aliphatic heterocycles. The third kappa shape index (κ3) is 2.39. The van der Waals surface area contributed by atoms with Crippen LogP contribution in [0.4, 0.5) is 5.69 Å². The zero-order chi connectivity index (χ0) is 12.4. The summed E-state index contributed by atoms with van der Waals surface area (Å²) < 4.78 is 5.56. The zero-order valence-electron chi connectivity index (χ0n) is 11.0. The fourth-order valence-electron chi connectivity index (χ4n) is 2.42. The number of hydrogen-bond acceptors (Lipinski definition) is 3. The lowest BCUT2D eigenvalue weighted by atomic mass is 10.0. The highest BCUT2D eigenvalue weighted by molar-refractivity contribution is 5.63. The molecule has 94 valence electrons. The summed E-state index contributed by atoms with van der Waals surface area (Å²) in [5.74, 6) is 1.01. The molecular weight excluding hydrogens is 212 g/mol. The highest BCUT2D eigenvalue weighted by Crippen LogP contribution is 2.34. The molecule has 0 spiro atoms. The van der Waals surface area contributed by atoms with Gasteiger partial charge < -0.3 is 15.4 Å². The van der Waals surface area contributed by atoms with Gasteiger partial charge in [0.1, 0.15) is 5.75 Å². The Morgan fingerprint density at radius 1 is 1.24 bits per heavy atom. The number of ether oxygens (including phenoxy) is 1. The Morgan fingerprint density at radius 2 is 1.88 bits per heavy atom. The SMILES string of the molecule is COc1c(N2CCC(N)CC2)ccc(C)c1C. The zero-order valence-corrected chi connectivity index (χ0v) is 11.0. The van der Waals surface area contributed by atoms with E-state index in [0.717, 1.165) is 31.7 Å². The first kappa shape index (κ1) is 12.2. The van der Waals surface area contributed by atoms with Gasteiger partial charge in [-0.15, -0.1) is 0 Å². The molecule has 0 saturated carbocycles. The lowest BCUT2D eigenvalue weighted by Crippen LogP contribution is -2.39.